The number of hydrogen-bond donors (Lipinski definition) is 1. The number of ether oxygens (including phenoxy) is 2. The standard InChI is InChI=1S/C16H18N2O3S/c1-17-16(19)14-11-18-15(22-14)7-6-12-4-3-5-13(10-12)21-9-8-20-2/h3-7,10-11H,8-9H2,1-2H3,(H,17,19)/b7-6+. The summed E-state index contributed by atoms with van der Waals surface area (Å²) in [7, 11) is 3.25. The maximum atomic E-state index is 11.5. The summed E-state index contributed by atoms with van der Waals surface area (Å²) in [6.07, 6.45) is 5.40. The van der Waals surface area contributed by atoms with E-state index in [9.17, 15) is 4.79 Å². The van der Waals surface area contributed by atoms with Gasteiger partial charge in [0.05, 0.1) is 12.8 Å². The van der Waals surface area contributed by atoms with Gasteiger partial charge in [-0.25, -0.2) is 4.98 Å². The molecule has 0 unspecified atom stereocenters. The van der Waals surface area contributed by atoms with Crippen LogP contribution in [0.4, 0.5) is 0 Å². The fourth-order valence-corrected chi connectivity index (χ4v) is 2.48. The third kappa shape index (κ3) is 4.68. The van der Waals surface area contributed by atoms with Crippen LogP contribution in [0.15, 0.2) is 30.5 Å². The first-order chi connectivity index (χ1) is 10.7. The minimum atomic E-state index is -0.120. The molecule has 1 N–H and O–H groups in total. The normalized spacial score (nSPS) is 10.8. The highest BCUT2D eigenvalue weighted by atomic mass is 32.1. The Kier molecular flexibility index (Phi) is 6.12. The average molecular weight is 318 g/mol. The van der Waals surface area contributed by atoms with Gasteiger partial charge in [-0.2, -0.15) is 0 Å². The lowest BCUT2D eigenvalue weighted by molar-refractivity contribution is 0.0967. The predicted octanol–water partition coefficient (Wildman–Crippen LogP) is 2.70. The van der Waals surface area contributed by atoms with Crippen LogP contribution in [0.1, 0.15) is 20.2 Å². The minimum Gasteiger partial charge on any atom is -0.491 e. The van der Waals surface area contributed by atoms with Crippen LogP contribution < -0.4 is 10.1 Å². The van der Waals surface area contributed by atoms with Crippen LogP contribution in [0.25, 0.3) is 12.2 Å². The van der Waals surface area contributed by atoms with Crippen molar-refractivity contribution in [2.45, 2.75) is 0 Å². The van der Waals surface area contributed by atoms with E-state index >= 15 is 0 Å². The lowest BCUT2D eigenvalue weighted by atomic mass is 10.2. The van der Waals surface area contributed by atoms with Crippen molar-refractivity contribution in [3.05, 3.63) is 45.9 Å². The van der Waals surface area contributed by atoms with E-state index in [0.29, 0.717) is 18.1 Å². The Labute approximate surface area is 133 Å². The van der Waals surface area contributed by atoms with Gasteiger partial charge in [-0.05, 0) is 23.8 Å². The van der Waals surface area contributed by atoms with Gasteiger partial charge < -0.3 is 14.8 Å². The summed E-state index contributed by atoms with van der Waals surface area (Å²) >= 11 is 1.35. The molecule has 0 atom stereocenters. The molecule has 116 valence electrons. The number of nitrogens with one attached hydrogen (secondary N) is 1. The molecular weight excluding hydrogens is 300 g/mol. The van der Waals surface area contributed by atoms with Crippen LogP contribution in [0.5, 0.6) is 5.75 Å². The second-order valence-corrected chi connectivity index (χ2v) is 5.45. The molecule has 0 saturated heterocycles. The summed E-state index contributed by atoms with van der Waals surface area (Å²) in [5, 5.41) is 3.36. The zero-order valence-corrected chi connectivity index (χ0v) is 13.4. The smallest absolute Gasteiger partial charge is 0.262 e. The number of hydrogen-bond acceptors (Lipinski definition) is 5. The van der Waals surface area contributed by atoms with Gasteiger partial charge in [0, 0.05) is 14.2 Å². The SMILES string of the molecule is CNC(=O)c1cnc(/C=C/c2cccc(OCCOC)c2)s1. The van der Waals surface area contributed by atoms with Crippen LogP contribution in [0.3, 0.4) is 0 Å². The van der Waals surface area contributed by atoms with Crippen molar-refractivity contribution in [3.63, 3.8) is 0 Å². The molecular formula is C16H18N2O3S. The lowest BCUT2D eigenvalue weighted by Crippen LogP contribution is -2.16. The first kappa shape index (κ1) is 16.2. The molecule has 0 saturated carbocycles. The molecule has 0 fully saturated rings. The van der Waals surface area contributed by atoms with Crippen molar-refractivity contribution in [2.75, 3.05) is 27.4 Å². The number of rotatable bonds is 7. The maximum absolute atomic E-state index is 11.5. The molecule has 0 bridgehead atoms. The first-order valence-corrected chi connectivity index (χ1v) is 7.62. The number of benzene rings is 1. The molecule has 0 aliphatic carbocycles. The summed E-state index contributed by atoms with van der Waals surface area (Å²) in [6.45, 7) is 1.08. The number of aromatic nitrogens is 1. The number of thiazole rings is 1. The first-order valence-electron chi connectivity index (χ1n) is 6.80. The molecule has 0 aliphatic rings. The molecule has 0 spiro atoms. The monoisotopic (exact) mass is 318 g/mol. The third-order valence-electron chi connectivity index (χ3n) is 2.81. The maximum Gasteiger partial charge on any atom is 0.262 e. The van der Waals surface area contributed by atoms with Gasteiger partial charge >= 0.3 is 0 Å². The highest BCUT2D eigenvalue weighted by Crippen LogP contribution is 2.18. The second-order valence-electron chi connectivity index (χ2n) is 4.39. The fourth-order valence-electron chi connectivity index (χ4n) is 1.71. The fraction of sp³-hybridized carbons (Fsp3) is 0.250. The van der Waals surface area contributed by atoms with Gasteiger partial charge in [-0.1, -0.05) is 18.2 Å². The Hall–Kier alpha value is -2.18. The lowest BCUT2D eigenvalue weighted by Gasteiger charge is -2.05. The van der Waals surface area contributed by atoms with E-state index in [2.05, 4.69) is 10.3 Å². The van der Waals surface area contributed by atoms with E-state index in [4.69, 9.17) is 9.47 Å². The van der Waals surface area contributed by atoms with E-state index in [1.54, 1.807) is 20.4 Å². The Balaban J connectivity index is 2.01. The summed E-state index contributed by atoms with van der Waals surface area (Å²) < 4.78 is 10.5. The highest BCUT2D eigenvalue weighted by Gasteiger charge is 2.06. The molecule has 1 heterocycles. The summed E-state index contributed by atoms with van der Waals surface area (Å²) in [5.74, 6) is 0.676. The van der Waals surface area contributed by atoms with Crippen LogP contribution in [0.2, 0.25) is 0 Å². The second kappa shape index (κ2) is 8.31. The van der Waals surface area contributed by atoms with Gasteiger partial charge in [0.25, 0.3) is 5.91 Å². The molecule has 1 amide bonds. The quantitative estimate of drug-likeness (QED) is 0.797. The minimum absolute atomic E-state index is 0.120. The summed E-state index contributed by atoms with van der Waals surface area (Å²) in [4.78, 5) is 16.3. The Morgan fingerprint density at radius 1 is 1.36 bits per heavy atom. The van der Waals surface area contributed by atoms with Gasteiger partial charge in [0.2, 0.25) is 0 Å². The third-order valence-corrected chi connectivity index (χ3v) is 3.77. The van der Waals surface area contributed by atoms with Gasteiger partial charge in [-0.3, -0.25) is 4.79 Å². The predicted molar refractivity (Wildman–Crippen MR) is 88.2 cm³/mol. The topological polar surface area (TPSA) is 60.5 Å². The summed E-state index contributed by atoms with van der Waals surface area (Å²) in [5.41, 5.74) is 1.01. The summed E-state index contributed by atoms with van der Waals surface area (Å²) in [6, 6.07) is 7.76. The van der Waals surface area contributed by atoms with Crippen molar-refractivity contribution in [3.8, 4) is 5.75 Å². The van der Waals surface area contributed by atoms with Gasteiger partial charge in [-0.15, -0.1) is 11.3 Å². The number of carbonyl (C=O) groups excluding carboxylic acids is 1. The average Bonchev–Trinajstić information content (AvgIpc) is 3.02. The molecule has 1 aromatic heterocycles. The zero-order chi connectivity index (χ0) is 15.8. The largest absolute Gasteiger partial charge is 0.491 e. The van der Waals surface area contributed by atoms with Crippen molar-refractivity contribution in [1.29, 1.82) is 0 Å². The van der Waals surface area contributed by atoms with Crippen molar-refractivity contribution in [1.82, 2.24) is 10.3 Å². The Morgan fingerprint density at radius 3 is 3.00 bits per heavy atom. The van der Waals surface area contributed by atoms with Gasteiger partial charge in [0.1, 0.15) is 22.2 Å². The van der Waals surface area contributed by atoms with Crippen molar-refractivity contribution >= 4 is 29.4 Å². The molecule has 2 rings (SSSR count). The molecule has 6 heteroatoms. The van der Waals surface area contributed by atoms with E-state index in [0.717, 1.165) is 16.3 Å². The Morgan fingerprint density at radius 2 is 2.23 bits per heavy atom. The Bertz CT molecular complexity index is 652. The number of amides is 1. The molecule has 0 aliphatic heterocycles. The molecule has 2 aromatic rings. The van der Waals surface area contributed by atoms with Crippen LogP contribution >= 0.6 is 11.3 Å². The van der Waals surface area contributed by atoms with Crippen LogP contribution in [-0.4, -0.2) is 38.3 Å². The molecule has 22 heavy (non-hydrogen) atoms. The van der Waals surface area contributed by atoms with Crippen LogP contribution in [-0.2, 0) is 4.74 Å². The number of methoxy groups -OCH3 is 1. The van der Waals surface area contributed by atoms with Crippen molar-refractivity contribution < 1.29 is 14.3 Å². The number of carbonyl (C=O) groups is 1. The van der Waals surface area contributed by atoms with Gasteiger partial charge in [0.15, 0.2) is 0 Å². The molecule has 1 aromatic carbocycles. The number of nitrogens with zero attached hydrogens (tertiary/aromatic N) is 1. The van der Waals surface area contributed by atoms with E-state index in [-0.39, 0.29) is 5.91 Å². The van der Waals surface area contributed by atoms with Crippen molar-refractivity contribution in [2.24, 2.45) is 0 Å². The highest BCUT2D eigenvalue weighted by molar-refractivity contribution is 7.14. The van der Waals surface area contributed by atoms with E-state index in [1.807, 2.05) is 36.4 Å². The van der Waals surface area contributed by atoms with Crippen LogP contribution in [0, 0.1) is 0 Å². The zero-order valence-electron chi connectivity index (χ0n) is 12.5. The molecule has 5 nitrogen and oxygen atoms in total. The van der Waals surface area contributed by atoms with E-state index in [1.165, 1.54) is 11.3 Å². The van der Waals surface area contributed by atoms with E-state index < -0.39 is 0 Å². The molecule has 0 radical (unpaired) electrons.